The van der Waals surface area contributed by atoms with Gasteiger partial charge in [-0.25, -0.2) is 0 Å². The van der Waals surface area contributed by atoms with E-state index in [9.17, 15) is 0 Å². The van der Waals surface area contributed by atoms with E-state index >= 15 is 0 Å². The highest BCUT2D eigenvalue weighted by Crippen LogP contribution is 2.28. The summed E-state index contributed by atoms with van der Waals surface area (Å²) in [5.74, 6) is 0. The van der Waals surface area contributed by atoms with Gasteiger partial charge in [-0.15, -0.1) is 0 Å². The molecule has 0 saturated carbocycles. The van der Waals surface area contributed by atoms with Crippen molar-refractivity contribution >= 4 is 26.8 Å². The Morgan fingerprint density at radius 2 is 2.21 bits per heavy atom. The number of aryl methyl sites for hydroxylation is 1. The summed E-state index contributed by atoms with van der Waals surface area (Å²) >= 11 is 3.53. The van der Waals surface area contributed by atoms with Crippen LogP contribution in [0.25, 0.3) is 10.9 Å². The summed E-state index contributed by atoms with van der Waals surface area (Å²) in [6.45, 7) is 2.79. The molecular formula is C11H13BrN2. The van der Waals surface area contributed by atoms with Crippen molar-refractivity contribution in [3.63, 3.8) is 0 Å². The first kappa shape index (κ1) is 9.74. The minimum atomic E-state index is 0.695. The molecule has 3 N–H and O–H groups in total. The number of hydrogen-bond acceptors (Lipinski definition) is 1. The summed E-state index contributed by atoms with van der Waals surface area (Å²) in [5.41, 5.74) is 9.32. The van der Waals surface area contributed by atoms with Gasteiger partial charge in [-0.3, -0.25) is 0 Å². The quantitative estimate of drug-likeness (QED) is 0.848. The van der Waals surface area contributed by atoms with E-state index in [4.69, 9.17) is 5.73 Å². The molecule has 0 atom stereocenters. The molecule has 0 saturated heterocycles. The van der Waals surface area contributed by atoms with Crippen LogP contribution < -0.4 is 5.73 Å². The standard InChI is InChI=1S/C11H13BrN2/c1-7-8(5-6-13)9-3-2-4-10(12)11(9)14-7/h2-4,14H,5-6,13H2,1H3. The first-order valence-corrected chi connectivity index (χ1v) is 5.49. The van der Waals surface area contributed by atoms with Gasteiger partial charge in [-0.2, -0.15) is 0 Å². The topological polar surface area (TPSA) is 41.8 Å². The van der Waals surface area contributed by atoms with Crippen molar-refractivity contribution in [2.45, 2.75) is 13.3 Å². The van der Waals surface area contributed by atoms with Gasteiger partial charge in [0.05, 0.1) is 5.52 Å². The largest absolute Gasteiger partial charge is 0.357 e. The molecule has 0 radical (unpaired) electrons. The average Bonchev–Trinajstić information content (AvgIpc) is 2.47. The van der Waals surface area contributed by atoms with Crippen LogP contribution in [0.4, 0.5) is 0 Å². The highest BCUT2D eigenvalue weighted by molar-refractivity contribution is 9.10. The predicted octanol–water partition coefficient (Wildman–Crippen LogP) is 2.74. The lowest BCUT2D eigenvalue weighted by Crippen LogP contribution is -2.03. The van der Waals surface area contributed by atoms with Gasteiger partial charge in [0.1, 0.15) is 0 Å². The molecule has 1 heterocycles. The Bertz CT molecular complexity index is 460. The highest BCUT2D eigenvalue weighted by Gasteiger charge is 2.08. The van der Waals surface area contributed by atoms with Crippen molar-refractivity contribution in [3.8, 4) is 0 Å². The van der Waals surface area contributed by atoms with E-state index in [-0.39, 0.29) is 0 Å². The van der Waals surface area contributed by atoms with Crippen molar-refractivity contribution in [2.75, 3.05) is 6.54 Å². The second-order valence-electron chi connectivity index (χ2n) is 3.43. The van der Waals surface area contributed by atoms with Gasteiger partial charge in [-0.05, 0) is 47.4 Å². The Labute approximate surface area is 91.6 Å². The monoisotopic (exact) mass is 252 g/mol. The van der Waals surface area contributed by atoms with E-state index in [0.717, 1.165) is 10.9 Å². The molecule has 1 aromatic carbocycles. The Kier molecular flexibility index (Phi) is 2.61. The van der Waals surface area contributed by atoms with Gasteiger partial charge in [0, 0.05) is 15.6 Å². The van der Waals surface area contributed by atoms with Crippen LogP contribution in [0.3, 0.4) is 0 Å². The molecule has 2 rings (SSSR count). The number of nitrogens with two attached hydrogens (primary N) is 1. The van der Waals surface area contributed by atoms with Crippen molar-refractivity contribution in [1.29, 1.82) is 0 Å². The molecule has 2 aromatic rings. The number of nitrogens with one attached hydrogen (secondary N) is 1. The zero-order valence-electron chi connectivity index (χ0n) is 8.10. The van der Waals surface area contributed by atoms with E-state index < -0.39 is 0 Å². The van der Waals surface area contributed by atoms with E-state index in [1.54, 1.807) is 0 Å². The number of hydrogen-bond donors (Lipinski definition) is 2. The Morgan fingerprint density at radius 1 is 1.43 bits per heavy atom. The number of halogens is 1. The van der Waals surface area contributed by atoms with Gasteiger partial charge < -0.3 is 10.7 Å². The molecule has 74 valence electrons. The van der Waals surface area contributed by atoms with Gasteiger partial charge in [0.15, 0.2) is 0 Å². The maximum Gasteiger partial charge on any atom is 0.0603 e. The third-order valence-electron chi connectivity index (χ3n) is 2.50. The minimum Gasteiger partial charge on any atom is -0.357 e. The Balaban J connectivity index is 2.70. The molecule has 0 unspecified atom stereocenters. The summed E-state index contributed by atoms with van der Waals surface area (Å²) in [6, 6.07) is 6.23. The maximum absolute atomic E-state index is 5.59. The fourth-order valence-electron chi connectivity index (χ4n) is 1.83. The summed E-state index contributed by atoms with van der Waals surface area (Å²) in [5, 5.41) is 1.28. The second kappa shape index (κ2) is 3.75. The Hall–Kier alpha value is -0.800. The van der Waals surface area contributed by atoms with E-state index in [1.165, 1.54) is 22.2 Å². The van der Waals surface area contributed by atoms with Crippen molar-refractivity contribution < 1.29 is 0 Å². The number of rotatable bonds is 2. The zero-order chi connectivity index (χ0) is 10.1. The summed E-state index contributed by atoms with van der Waals surface area (Å²) < 4.78 is 1.11. The van der Waals surface area contributed by atoms with E-state index in [2.05, 4.69) is 40.0 Å². The van der Waals surface area contributed by atoms with Crippen molar-refractivity contribution in [1.82, 2.24) is 4.98 Å². The number of para-hydroxylation sites is 1. The zero-order valence-corrected chi connectivity index (χ0v) is 9.69. The summed E-state index contributed by atoms with van der Waals surface area (Å²) in [4.78, 5) is 3.38. The lowest BCUT2D eigenvalue weighted by atomic mass is 10.1. The predicted molar refractivity (Wildman–Crippen MR) is 63.5 cm³/mol. The van der Waals surface area contributed by atoms with Crippen LogP contribution in [-0.2, 0) is 6.42 Å². The fourth-order valence-corrected chi connectivity index (χ4v) is 2.30. The smallest absolute Gasteiger partial charge is 0.0603 e. The van der Waals surface area contributed by atoms with Gasteiger partial charge in [0.25, 0.3) is 0 Å². The fraction of sp³-hybridized carbons (Fsp3) is 0.273. The molecule has 14 heavy (non-hydrogen) atoms. The molecule has 0 spiro atoms. The summed E-state index contributed by atoms with van der Waals surface area (Å²) in [6.07, 6.45) is 0.933. The molecule has 0 aliphatic heterocycles. The second-order valence-corrected chi connectivity index (χ2v) is 4.28. The number of H-pyrrole nitrogens is 1. The summed E-state index contributed by atoms with van der Waals surface area (Å²) in [7, 11) is 0. The van der Waals surface area contributed by atoms with Crippen LogP contribution in [0, 0.1) is 6.92 Å². The molecule has 0 amide bonds. The molecule has 0 aliphatic rings. The first-order valence-electron chi connectivity index (χ1n) is 4.69. The van der Waals surface area contributed by atoms with Crippen LogP contribution in [-0.4, -0.2) is 11.5 Å². The van der Waals surface area contributed by atoms with Crippen LogP contribution in [0.2, 0.25) is 0 Å². The third kappa shape index (κ3) is 1.47. The van der Waals surface area contributed by atoms with Crippen LogP contribution in [0.5, 0.6) is 0 Å². The van der Waals surface area contributed by atoms with Crippen molar-refractivity contribution in [3.05, 3.63) is 33.9 Å². The van der Waals surface area contributed by atoms with Gasteiger partial charge >= 0.3 is 0 Å². The maximum atomic E-state index is 5.59. The molecule has 1 aromatic heterocycles. The van der Waals surface area contributed by atoms with E-state index in [0.29, 0.717) is 6.54 Å². The molecule has 0 bridgehead atoms. The first-order chi connectivity index (χ1) is 6.74. The van der Waals surface area contributed by atoms with Crippen LogP contribution >= 0.6 is 15.9 Å². The SMILES string of the molecule is Cc1[nH]c2c(Br)cccc2c1CCN. The van der Waals surface area contributed by atoms with Crippen molar-refractivity contribution in [2.24, 2.45) is 5.73 Å². The number of fused-ring (bicyclic) bond motifs is 1. The molecule has 3 heteroatoms. The number of aromatic nitrogens is 1. The minimum absolute atomic E-state index is 0.695. The average molecular weight is 253 g/mol. The lowest BCUT2D eigenvalue weighted by molar-refractivity contribution is 0.963. The highest BCUT2D eigenvalue weighted by atomic mass is 79.9. The molecule has 0 fully saturated rings. The molecular weight excluding hydrogens is 240 g/mol. The van der Waals surface area contributed by atoms with Crippen LogP contribution in [0.1, 0.15) is 11.3 Å². The molecule has 2 nitrogen and oxygen atoms in total. The van der Waals surface area contributed by atoms with Gasteiger partial charge in [-0.1, -0.05) is 12.1 Å². The lowest BCUT2D eigenvalue weighted by Gasteiger charge is -1.97. The van der Waals surface area contributed by atoms with E-state index in [1.807, 2.05) is 6.07 Å². The Morgan fingerprint density at radius 3 is 2.93 bits per heavy atom. The van der Waals surface area contributed by atoms with Gasteiger partial charge in [0.2, 0.25) is 0 Å². The number of benzene rings is 1. The molecule has 0 aliphatic carbocycles. The van der Waals surface area contributed by atoms with Crippen LogP contribution in [0.15, 0.2) is 22.7 Å². The number of aromatic amines is 1. The normalized spacial score (nSPS) is 11.1. The third-order valence-corrected chi connectivity index (χ3v) is 3.16.